The molecule has 28 heavy (non-hydrogen) atoms. The lowest BCUT2D eigenvalue weighted by Crippen LogP contribution is -2.31. The zero-order valence-corrected chi connectivity index (χ0v) is 16.8. The Morgan fingerprint density at radius 1 is 1.11 bits per heavy atom. The third-order valence-electron chi connectivity index (χ3n) is 4.00. The number of hydrogen-bond acceptors (Lipinski definition) is 7. The molecule has 0 saturated heterocycles. The largest absolute Gasteiger partial charge is 0.497 e. The van der Waals surface area contributed by atoms with Crippen molar-refractivity contribution in [1.29, 1.82) is 0 Å². The number of nitrogens with one attached hydrogen (secondary N) is 1. The minimum Gasteiger partial charge on any atom is -0.497 e. The van der Waals surface area contributed by atoms with Gasteiger partial charge in [0.2, 0.25) is 0 Å². The molecular weight excluding hydrogens is 382 g/mol. The number of ketones is 1. The van der Waals surface area contributed by atoms with Crippen LogP contribution in [-0.4, -0.2) is 38.5 Å². The molecule has 1 unspecified atom stereocenters. The van der Waals surface area contributed by atoms with E-state index in [1.54, 1.807) is 56.9 Å². The van der Waals surface area contributed by atoms with Gasteiger partial charge < -0.3 is 19.5 Å². The van der Waals surface area contributed by atoms with Gasteiger partial charge in [-0.2, -0.15) is 0 Å². The predicted octanol–water partition coefficient (Wildman–Crippen LogP) is 3.15. The van der Waals surface area contributed by atoms with Gasteiger partial charge in [-0.3, -0.25) is 14.4 Å². The van der Waals surface area contributed by atoms with Crippen molar-refractivity contribution in [2.45, 2.75) is 25.8 Å². The van der Waals surface area contributed by atoms with E-state index in [1.165, 1.54) is 11.3 Å². The number of ether oxygens (including phenoxy) is 3. The molecule has 0 fully saturated rings. The summed E-state index contributed by atoms with van der Waals surface area (Å²) in [5, 5.41) is 4.55. The van der Waals surface area contributed by atoms with Crippen LogP contribution in [0.2, 0.25) is 0 Å². The molecule has 0 aliphatic carbocycles. The van der Waals surface area contributed by atoms with Gasteiger partial charge in [-0.15, -0.1) is 11.3 Å². The lowest BCUT2D eigenvalue weighted by Gasteiger charge is -2.18. The summed E-state index contributed by atoms with van der Waals surface area (Å²) in [6.07, 6.45) is -0.0123. The summed E-state index contributed by atoms with van der Waals surface area (Å²) in [6.45, 7) is 1.37. The Hall–Kier alpha value is -2.87. The Kier molecular flexibility index (Phi) is 8.01. The number of carbonyl (C=O) groups excluding carboxylic acids is 3. The van der Waals surface area contributed by atoms with Crippen molar-refractivity contribution in [3.63, 3.8) is 0 Å². The van der Waals surface area contributed by atoms with Gasteiger partial charge in [-0.25, -0.2) is 0 Å². The third kappa shape index (κ3) is 6.09. The SMILES string of the molecule is COc1ccc(OC)c(C(C)NC(=O)COC(=O)CCC(=O)c2cccs2)c1. The Morgan fingerprint density at radius 3 is 2.54 bits per heavy atom. The van der Waals surface area contributed by atoms with Crippen LogP contribution >= 0.6 is 11.3 Å². The van der Waals surface area contributed by atoms with Crippen LogP contribution in [0.15, 0.2) is 35.7 Å². The van der Waals surface area contributed by atoms with Crippen LogP contribution in [0, 0.1) is 0 Å². The summed E-state index contributed by atoms with van der Waals surface area (Å²) in [5.74, 6) is 0.0912. The first-order valence-electron chi connectivity index (χ1n) is 8.68. The Bertz CT molecular complexity index is 818. The summed E-state index contributed by atoms with van der Waals surface area (Å²) < 4.78 is 15.5. The lowest BCUT2D eigenvalue weighted by atomic mass is 10.1. The van der Waals surface area contributed by atoms with Crippen molar-refractivity contribution >= 4 is 29.0 Å². The van der Waals surface area contributed by atoms with E-state index in [1.807, 2.05) is 0 Å². The maximum Gasteiger partial charge on any atom is 0.306 e. The summed E-state index contributed by atoms with van der Waals surface area (Å²) in [6, 6.07) is 8.39. The Labute approximate surface area is 167 Å². The molecule has 0 saturated carbocycles. The molecule has 0 radical (unpaired) electrons. The van der Waals surface area contributed by atoms with Gasteiger partial charge in [0.25, 0.3) is 5.91 Å². The van der Waals surface area contributed by atoms with Gasteiger partial charge in [0, 0.05) is 12.0 Å². The molecule has 0 bridgehead atoms. The second-order valence-electron chi connectivity index (χ2n) is 5.96. The van der Waals surface area contributed by atoms with Crippen molar-refractivity contribution in [2.75, 3.05) is 20.8 Å². The van der Waals surface area contributed by atoms with Crippen molar-refractivity contribution in [2.24, 2.45) is 0 Å². The van der Waals surface area contributed by atoms with E-state index in [-0.39, 0.29) is 24.7 Å². The molecule has 150 valence electrons. The second kappa shape index (κ2) is 10.5. The van der Waals surface area contributed by atoms with Crippen LogP contribution < -0.4 is 14.8 Å². The monoisotopic (exact) mass is 405 g/mol. The van der Waals surface area contributed by atoms with E-state index < -0.39 is 18.5 Å². The Morgan fingerprint density at radius 2 is 1.89 bits per heavy atom. The fourth-order valence-electron chi connectivity index (χ4n) is 2.53. The van der Waals surface area contributed by atoms with E-state index >= 15 is 0 Å². The molecule has 7 nitrogen and oxygen atoms in total. The smallest absolute Gasteiger partial charge is 0.306 e. The highest BCUT2D eigenvalue weighted by Gasteiger charge is 2.17. The zero-order valence-electron chi connectivity index (χ0n) is 16.0. The molecular formula is C20H23NO6S. The number of thiophene rings is 1. The summed E-state index contributed by atoms with van der Waals surface area (Å²) in [4.78, 5) is 36.3. The standard InChI is InChI=1S/C20H23NO6S/c1-13(15-11-14(25-2)6-8-17(15)26-3)21-19(23)12-27-20(24)9-7-16(22)18-5-4-10-28-18/h4-6,8,10-11,13H,7,9,12H2,1-3H3,(H,21,23). The van der Waals surface area contributed by atoms with Crippen molar-refractivity contribution in [1.82, 2.24) is 5.32 Å². The molecule has 1 atom stereocenters. The van der Waals surface area contributed by atoms with E-state index in [4.69, 9.17) is 14.2 Å². The van der Waals surface area contributed by atoms with Crippen LogP contribution in [0.5, 0.6) is 11.5 Å². The molecule has 0 spiro atoms. The number of Topliss-reactive ketones (excluding diaryl/α,β-unsaturated/α-hetero) is 1. The fourth-order valence-corrected chi connectivity index (χ4v) is 3.23. The highest BCUT2D eigenvalue weighted by Crippen LogP contribution is 2.29. The second-order valence-corrected chi connectivity index (χ2v) is 6.91. The maximum atomic E-state index is 12.1. The topological polar surface area (TPSA) is 90.9 Å². The van der Waals surface area contributed by atoms with Crippen LogP contribution in [0.1, 0.15) is 41.0 Å². The van der Waals surface area contributed by atoms with Crippen molar-refractivity contribution < 1.29 is 28.6 Å². The number of hydrogen-bond donors (Lipinski definition) is 1. The molecule has 0 aliphatic rings. The number of carbonyl (C=O) groups is 3. The van der Waals surface area contributed by atoms with Crippen LogP contribution in [-0.2, 0) is 14.3 Å². The summed E-state index contributed by atoms with van der Waals surface area (Å²) in [7, 11) is 3.09. The minimum absolute atomic E-state index is 0.0539. The molecule has 1 aromatic heterocycles. The van der Waals surface area contributed by atoms with Crippen molar-refractivity contribution in [3.8, 4) is 11.5 Å². The minimum atomic E-state index is -0.591. The molecule has 1 aromatic carbocycles. The summed E-state index contributed by atoms with van der Waals surface area (Å²) in [5.41, 5.74) is 0.739. The van der Waals surface area contributed by atoms with E-state index in [9.17, 15) is 14.4 Å². The third-order valence-corrected chi connectivity index (χ3v) is 4.91. The molecule has 2 aromatic rings. The van der Waals surface area contributed by atoms with E-state index in [2.05, 4.69) is 5.32 Å². The first-order valence-corrected chi connectivity index (χ1v) is 9.56. The van der Waals surface area contributed by atoms with Gasteiger partial charge in [0.15, 0.2) is 12.4 Å². The first-order chi connectivity index (χ1) is 13.4. The molecule has 8 heteroatoms. The molecule has 1 heterocycles. The summed E-state index contributed by atoms with van der Waals surface area (Å²) >= 11 is 1.33. The number of benzene rings is 1. The van der Waals surface area contributed by atoms with Gasteiger partial charge in [-0.1, -0.05) is 6.07 Å². The van der Waals surface area contributed by atoms with Gasteiger partial charge in [0.1, 0.15) is 11.5 Å². The van der Waals surface area contributed by atoms with E-state index in [0.717, 1.165) is 5.56 Å². The van der Waals surface area contributed by atoms with Crippen LogP contribution in [0.4, 0.5) is 0 Å². The number of amides is 1. The average Bonchev–Trinajstić information content (AvgIpc) is 3.24. The number of rotatable bonds is 10. The molecule has 1 amide bonds. The molecule has 2 rings (SSSR count). The number of esters is 1. The normalized spacial score (nSPS) is 11.4. The van der Waals surface area contributed by atoms with Crippen LogP contribution in [0.3, 0.4) is 0 Å². The maximum absolute atomic E-state index is 12.1. The van der Waals surface area contributed by atoms with Crippen LogP contribution in [0.25, 0.3) is 0 Å². The van der Waals surface area contributed by atoms with Gasteiger partial charge >= 0.3 is 5.97 Å². The fraction of sp³-hybridized carbons (Fsp3) is 0.350. The number of methoxy groups -OCH3 is 2. The Balaban J connectivity index is 1.80. The van der Waals surface area contributed by atoms with Gasteiger partial charge in [0.05, 0.1) is 31.6 Å². The molecule has 0 aliphatic heterocycles. The first kappa shape index (κ1) is 21.4. The highest BCUT2D eigenvalue weighted by molar-refractivity contribution is 7.12. The highest BCUT2D eigenvalue weighted by atomic mass is 32.1. The molecule has 1 N–H and O–H groups in total. The van der Waals surface area contributed by atoms with E-state index in [0.29, 0.717) is 16.4 Å². The zero-order chi connectivity index (χ0) is 20.5. The van der Waals surface area contributed by atoms with Crippen molar-refractivity contribution in [3.05, 3.63) is 46.2 Å². The lowest BCUT2D eigenvalue weighted by molar-refractivity contribution is -0.148. The van der Waals surface area contributed by atoms with Gasteiger partial charge in [-0.05, 0) is 36.6 Å². The quantitative estimate of drug-likeness (QED) is 0.482. The average molecular weight is 405 g/mol. The predicted molar refractivity (Wildman–Crippen MR) is 105 cm³/mol.